The summed E-state index contributed by atoms with van der Waals surface area (Å²) < 4.78 is 38.3. The van der Waals surface area contributed by atoms with Gasteiger partial charge < -0.3 is 10.4 Å². The van der Waals surface area contributed by atoms with E-state index in [4.69, 9.17) is 5.11 Å². The molecule has 0 bridgehead atoms. The van der Waals surface area contributed by atoms with Crippen LogP contribution in [0, 0.1) is 5.92 Å². The lowest BCUT2D eigenvalue weighted by atomic mass is 9.85. The minimum Gasteiger partial charge on any atom is -0.478 e. The van der Waals surface area contributed by atoms with Crippen molar-refractivity contribution in [1.29, 1.82) is 0 Å². The number of benzene rings is 1. The molecule has 1 aromatic rings. The monoisotopic (exact) mass is 273 g/mol. The quantitative estimate of drug-likeness (QED) is 0.881. The molecule has 0 unspecified atom stereocenters. The Balaban J connectivity index is 2.19. The summed E-state index contributed by atoms with van der Waals surface area (Å²) in [5.74, 6) is -1.06. The van der Waals surface area contributed by atoms with E-state index in [0.717, 1.165) is 31.4 Å². The predicted octanol–water partition coefficient (Wildman–Crippen LogP) is 3.62. The normalized spacial score (nSPS) is 15.9. The summed E-state index contributed by atoms with van der Waals surface area (Å²) in [5, 5.41) is 11.7. The molecule has 0 amide bonds. The van der Waals surface area contributed by atoms with E-state index in [1.165, 1.54) is 6.07 Å². The van der Waals surface area contributed by atoms with E-state index in [-0.39, 0.29) is 0 Å². The Kier molecular flexibility index (Phi) is 3.68. The lowest BCUT2D eigenvalue weighted by Gasteiger charge is -2.26. The van der Waals surface area contributed by atoms with E-state index in [9.17, 15) is 18.0 Å². The molecule has 104 valence electrons. The molecule has 1 fully saturated rings. The van der Waals surface area contributed by atoms with Crippen LogP contribution in [0.3, 0.4) is 0 Å². The average Bonchev–Trinajstić information content (AvgIpc) is 2.25. The zero-order valence-corrected chi connectivity index (χ0v) is 10.1. The number of halogens is 3. The maximum atomic E-state index is 12.8. The number of carbonyl (C=O) groups is 1. The first-order chi connectivity index (χ1) is 8.88. The summed E-state index contributed by atoms with van der Waals surface area (Å²) >= 11 is 0. The van der Waals surface area contributed by atoms with Crippen molar-refractivity contribution in [1.82, 2.24) is 0 Å². The highest BCUT2D eigenvalue weighted by molar-refractivity contribution is 5.90. The summed E-state index contributed by atoms with van der Waals surface area (Å²) in [6.45, 7) is 0.629. The fourth-order valence-electron chi connectivity index (χ4n) is 2.03. The Bertz CT molecular complexity index is 481. The van der Waals surface area contributed by atoms with Crippen molar-refractivity contribution in [2.45, 2.75) is 25.4 Å². The van der Waals surface area contributed by atoms with Gasteiger partial charge in [-0.25, -0.2) is 4.79 Å². The van der Waals surface area contributed by atoms with E-state index < -0.39 is 23.3 Å². The second-order valence-corrected chi connectivity index (χ2v) is 4.74. The lowest BCUT2D eigenvalue weighted by Crippen LogP contribution is -2.21. The Morgan fingerprint density at radius 3 is 2.53 bits per heavy atom. The fourth-order valence-corrected chi connectivity index (χ4v) is 2.03. The van der Waals surface area contributed by atoms with Crippen LogP contribution in [-0.2, 0) is 6.18 Å². The first-order valence-corrected chi connectivity index (χ1v) is 6.06. The summed E-state index contributed by atoms with van der Waals surface area (Å²) in [5.41, 5.74) is -1.52. The van der Waals surface area contributed by atoms with Crippen molar-refractivity contribution < 1.29 is 23.1 Å². The molecule has 0 saturated heterocycles. The van der Waals surface area contributed by atoms with Crippen LogP contribution in [0.4, 0.5) is 18.9 Å². The molecule has 1 aliphatic rings. The number of aromatic carboxylic acids is 1. The van der Waals surface area contributed by atoms with Crippen LogP contribution in [-0.4, -0.2) is 17.6 Å². The first kappa shape index (κ1) is 13.7. The zero-order valence-electron chi connectivity index (χ0n) is 10.1. The maximum absolute atomic E-state index is 12.8. The molecule has 19 heavy (non-hydrogen) atoms. The molecule has 1 saturated carbocycles. The molecule has 2 rings (SSSR count). The molecule has 0 aromatic heterocycles. The van der Waals surface area contributed by atoms with Crippen LogP contribution in [0.2, 0.25) is 0 Å². The number of nitrogens with one attached hydrogen (secondary N) is 1. The van der Waals surface area contributed by atoms with Gasteiger partial charge in [0.05, 0.1) is 11.1 Å². The van der Waals surface area contributed by atoms with Crippen LogP contribution >= 0.6 is 0 Å². The van der Waals surface area contributed by atoms with Gasteiger partial charge in [-0.1, -0.05) is 6.42 Å². The predicted molar refractivity (Wildman–Crippen MR) is 64.2 cm³/mol. The lowest BCUT2D eigenvalue weighted by molar-refractivity contribution is -0.138. The minimum atomic E-state index is -4.66. The zero-order chi connectivity index (χ0) is 14.0. The standard InChI is InChI=1S/C13H14F3NO2/c14-13(15,16)11-6-9(4-5-10(11)12(18)19)17-7-8-2-1-3-8/h4-6,8,17H,1-3,7H2,(H,18,19). The Hall–Kier alpha value is -1.72. The molecule has 0 radical (unpaired) electrons. The van der Waals surface area contributed by atoms with Gasteiger partial charge in [-0.05, 0) is 37.0 Å². The summed E-state index contributed by atoms with van der Waals surface area (Å²) in [6, 6.07) is 3.23. The molecule has 1 aliphatic carbocycles. The van der Waals surface area contributed by atoms with Crippen LogP contribution in [0.5, 0.6) is 0 Å². The first-order valence-electron chi connectivity index (χ1n) is 6.06. The molecule has 0 spiro atoms. The molecule has 0 atom stereocenters. The van der Waals surface area contributed by atoms with E-state index in [1.807, 2.05) is 0 Å². The molecule has 3 nitrogen and oxygen atoms in total. The van der Waals surface area contributed by atoms with Crippen molar-refractivity contribution in [3.05, 3.63) is 29.3 Å². The van der Waals surface area contributed by atoms with Gasteiger partial charge in [0.25, 0.3) is 0 Å². The number of hydrogen-bond acceptors (Lipinski definition) is 2. The molecular formula is C13H14F3NO2. The molecule has 0 heterocycles. The van der Waals surface area contributed by atoms with Gasteiger partial charge in [0.15, 0.2) is 0 Å². The third kappa shape index (κ3) is 3.19. The van der Waals surface area contributed by atoms with Gasteiger partial charge in [-0.15, -0.1) is 0 Å². The third-order valence-electron chi connectivity index (χ3n) is 3.37. The van der Waals surface area contributed by atoms with Gasteiger partial charge in [-0.3, -0.25) is 0 Å². The van der Waals surface area contributed by atoms with Crippen LogP contribution in [0.15, 0.2) is 18.2 Å². The van der Waals surface area contributed by atoms with Crippen molar-refractivity contribution in [2.24, 2.45) is 5.92 Å². The van der Waals surface area contributed by atoms with Gasteiger partial charge in [0.1, 0.15) is 0 Å². The number of carboxylic acids is 1. The Labute approximate surface area is 108 Å². The average molecular weight is 273 g/mol. The number of hydrogen-bond donors (Lipinski definition) is 2. The molecule has 2 N–H and O–H groups in total. The summed E-state index contributed by atoms with van der Waals surface area (Å²) in [4.78, 5) is 10.8. The van der Waals surface area contributed by atoms with E-state index in [1.54, 1.807) is 0 Å². The second kappa shape index (κ2) is 5.11. The second-order valence-electron chi connectivity index (χ2n) is 4.74. The maximum Gasteiger partial charge on any atom is 0.417 e. The molecular weight excluding hydrogens is 259 g/mol. The fraction of sp³-hybridized carbons (Fsp3) is 0.462. The van der Waals surface area contributed by atoms with E-state index in [0.29, 0.717) is 18.2 Å². The van der Waals surface area contributed by atoms with Gasteiger partial charge in [-0.2, -0.15) is 13.2 Å². The van der Waals surface area contributed by atoms with E-state index >= 15 is 0 Å². The number of rotatable bonds is 4. The topological polar surface area (TPSA) is 49.3 Å². The highest BCUT2D eigenvalue weighted by atomic mass is 19.4. The number of carboxylic acid groups (broad SMARTS) is 1. The van der Waals surface area contributed by atoms with Gasteiger partial charge in [0.2, 0.25) is 0 Å². The smallest absolute Gasteiger partial charge is 0.417 e. The Morgan fingerprint density at radius 2 is 2.05 bits per heavy atom. The van der Waals surface area contributed by atoms with Crippen molar-refractivity contribution in [3.8, 4) is 0 Å². The van der Waals surface area contributed by atoms with E-state index in [2.05, 4.69) is 5.32 Å². The molecule has 0 aliphatic heterocycles. The van der Waals surface area contributed by atoms with Gasteiger partial charge >= 0.3 is 12.1 Å². The largest absolute Gasteiger partial charge is 0.478 e. The minimum absolute atomic E-state index is 0.309. The SMILES string of the molecule is O=C(O)c1ccc(NCC2CCC2)cc1C(F)(F)F. The highest BCUT2D eigenvalue weighted by Crippen LogP contribution is 2.34. The van der Waals surface area contributed by atoms with Crippen LogP contribution in [0.25, 0.3) is 0 Å². The van der Waals surface area contributed by atoms with Crippen molar-refractivity contribution >= 4 is 11.7 Å². The van der Waals surface area contributed by atoms with Crippen molar-refractivity contribution in [3.63, 3.8) is 0 Å². The third-order valence-corrected chi connectivity index (χ3v) is 3.37. The van der Waals surface area contributed by atoms with Crippen molar-refractivity contribution in [2.75, 3.05) is 11.9 Å². The summed E-state index contributed by atoms with van der Waals surface area (Å²) in [6.07, 6.45) is -1.32. The van der Waals surface area contributed by atoms with Gasteiger partial charge in [0, 0.05) is 12.2 Å². The highest BCUT2D eigenvalue weighted by Gasteiger charge is 2.35. The van der Waals surface area contributed by atoms with Crippen LogP contribution < -0.4 is 5.32 Å². The Morgan fingerprint density at radius 1 is 1.37 bits per heavy atom. The summed E-state index contributed by atoms with van der Waals surface area (Å²) in [7, 11) is 0. The number of alkyl halides is 3. The molecule has 6 heteroatoms. The number of anilines is 1. The molecule has 1 aromatic carbocycles. The van der Waals surface area contributed by atoms with Crippen LogP contribution in [0.1, 0.15) is 35.2 Å².